The fourth-order valence-electron chi connectivity index (χ4n) is 4.32. The van der Waals surface area contributed by atoms with Crippen LogP contribution in [-0.4, -0.2) is 70.4 Å². The topological polar surface area (TPSA) is 118 Å². The second-order valence-electron chi connectivity index (χ2n) is 8.22. The van der Waals surface area contributed by atoms with Gasteiger partial charge in [0.1, 0.15) is 23.6 Å². The highest BCUT2D eigenvalue weighted by atomic mass is 19.1. The lowest BCUT2D eigenvalue weighted by molar-refractivity contribution is -0.0478. The van der Waals surface area contributed by atoms with Gasteiger partial charge in [-0.25, -0.2) is 22.9 Å². The van der Waals surface area contributed by atoms with Gasteiger partial charge in [-0.3, -0.25) is 4.90 Å². The maximum absolute atomic E-state index is 14.8. The van der Waals surface area contributed by atoms with Crippen LogP contribution in [0.3, 0.4) is 0 Å². The summed E-state index contributed by atoms with van der Waals surface area (Å²) in [6.07, 6.45) is 4.55. The molecule has 2 atom stereocenters. The SMILES string of the molecule is C[C@@H](N1CCN(c2ccc(-n3ccnn3)cc2)C1=O)[C@](O)(Cn1cnnn1)c1ccc(F)cc1F. The molecule has 0 saturated carbocycles. The predicted octanol–water partition coefficient (Wildman–Crippen LogP) is 1.75. The molecule has 0 bridgehead atoms. The number of carbonyl (C=O) groups excluding carboxylic acids is 1. The van der Waals surface area contributed by atoms with Crippen molar-refractivity contribution in [2.45, 2.75) is 25.1 Å². The first-order valence-corrected chi connectivity index (χ1v) is 10.8. The van der Waals surface area contributed by atoms with Gasteiger partial charge in [0.25, 0.3) is 0 Å². The van der Waals surface area contributed by atoms with Crippen molar-refractivity contribution in [3.8, 4) is 5.69 Å². The molecule has 0 aliphatic carbocycles. The predicted molar refractivity (Wildman–Crippen MR) is 118 cm³/mol. The van der Waals surface area contributed by atoms with E-state index in [0.29, 0.717) is 18.3 Å². The zero-order valence-corrected chi connectivity index (χ0v) is 18.6. The lowest BCUT2D eigenvalue weighted by Crippen LogP contribution is -2.53. The van der Waals surface area contributed by atoms with Crippen LogP contribution in [0.2, 0.25) is 0 Å². The number of aromatic nitrogens is 7. The number of nitrogens with zero attached hydrogens (tertiary/aromatic N) is 9. The van der Waals surface area contributed by atoms with E-state index in [9.17, 15) is 18.7 Å². The Bertz CT molecular complexity index is 1320. The third-order valence-electron chi connectivity index (χ3n) is 6.24. The Hall–Kier alpha value is -4.26. The van der Waals surface area contributed by atoms with Gasteiger partial charge in [-0.15, -0.1) is 10.2 Å². The summed E-state index contributed by atoms with van der Waals surface area (Å²) in [5.74, 6) is -1.71. The van der Waals surface area contributed by atoms with Crippen LogP contribution >= 0.6 is 0 Å². The molecular formula is C22H21F2N9O2. The number of hydrogen-bond acceptors (Lipinski definition) is 7. The van der Waals surface area contributed by atoms with E-state index in [2.05, 4.69) is 25.8 Å². The number of rotatable bonds is 7. The number of anilines is 1. The molecule has 180 valence electrons. The monoisotopic (exact) mass is 481 g/mol. The van der Waals surface area contributed by atoms with Crippen LogP contribution in [-0.2, 0) is 12.1 Å². The van der Waals surface area contributed by atoms with E-state index in [1.165, 1.54) is 22.0 Å². The minimum atomic E-state index is -1.95. The fourth-order valence-corrected chi connectivity index (χ4v) is 4.32. The molecule has 13 heteroatoms. The number of amides is 2. The number of hydrogen-bond donors (Lipinski definition) is 1. The minimum absolute atomic E-state index is 0.162. The Kier molecular flexibility index (Phi) is 5.68. The molecule has 0 radical (unpaired) electrons. The van der Waals surface area contributed by atoms with E-state index >= 15 is 0 Å². The van der Waals surface area contributed by atoms with Crippen molar-refractivity contribution in [2.75, 3.05) is 18.0 Å². The molecule has 2 aromatic heterocycles. The third kappa shape index (κ3) is 4.10. The molecule has 2 amide bonds. The zero-order valence-electron chi connectivity index (χ0n) is 18.6. The molecule has 1 aliphatic heterocycles. The molecule has 5 rings (SSSR count). The van der Waals surface area contributed by atoms with E-state index in [0.717, 1.165) is 11.8 Å². The summed E-state index contributed by atoms with van der Waals surface area (Å²) in [6.45, 7) is 2.01. The molecule has 0 unspecified atom stereocenters. The van der Waals surface area contributed by atoms with Gasteiger partial charge in [-0.05, 0) is 47.7 Å². The van der Waals surface area contributed by atoms with Crippen LogP contribution in [0.5, 0.6) is 0 Å². The van der Waals surface area contributed by atoms with Gasteiger partial charge in [0.2, 0.25) is 0 Å². The van der Waals surface area contributed by atoms with E-state index in [-0.39, 0.29) is 24.7 Å². The summed E-state index contributed by atoms with van der Waals surface area (Å²) in [7, 11) is 0. The summed E-state index contributed by atoms with van der Waals surface area (Å²) in [4.78, 5) is 16.4. The largest absolute Gasteiger partial charge is 0.381 e. The van der Waals surface area contributed by atoms with Crippen molar-refractivity contribution < 1.29 is 18.7 Å². The normalized spacial score (nSPS) is 16.5. The number of halogens is 2. The Morgan fingerprint density at radius 2 is 1.83 bits per heavy atom. The van der Waals surface area contributed by atoms with Crippen molar-refractivity contribution in [3.63, 3.8) is 0 Å². The van der Waals surface area contributed by atoms with Gasteiger partial charge in [0.15, 0.2) is 0 Å². The van der Waals surface area contributed by atoms with Crippen molar-refractivity contribution in [1.29, 1.82) is 0 Å². The summed E-state index contributed by atoms with van der Waals surface area (Å²) in [6, 6.07) is 8.86. The van der Waals surface area contributed by atoms with Gasteiger partial charge in [-0.1, -0.05) is 11.3 Å². The van der Waals surface area contributed by atoms with Gasteiger partial charge in [-0.2, -0.15) is 0 Å². The number of tetrazole rings is 1. The van der Waals surface area contributed by atoms with Crippen LogP contribution in [0.1, 0.15) is 12.5 Å². The van der Waals surface area contributed by atoms with Crippen molar-refractivity contribution in [2.24, 2.45) is 0 Å². The molecule has 0 spiro atoms. The fraction of sp³-hybridized carbons (Fsp3) is 0.273. The third-order valence-corrected chi connectivity index (χ3v) is 6.24. The van der Waals surface area contributed by atoms with Crippen LogP contribution in [0, 0.1) is 11.6 Å². The summed E-state index contributed by atoms with van der Waals surface area (Å²) < 4.78 is 31.3. The Balaban J connectivity index is 1.43. The van der Waals surface area contributed by atoms with E-state index < -0.39 is 23.3 Å². The summed E-state index contributed by atoms with van der Waals surface area (Å²) >= 11 is 0. The zero-order chi connectivity index (χ0) is 24.6. The minimum Gasteiger partial charge on any atom is -0.381 e. The van der Waals surface area contributed by atoms with Crippen LogP contribution in [0.25, 0.3) is 5.69 Å². The first-order chi connectivity index (χ1) is 16.9. The average molecular weight is 481 g/mol. The highest BCUT2D eigenvalue weighted by Crippen LogP contribution is 2.35. The van der Waals surface area contributed by atoms with Gasteiger partial charge in [0.05, 0.1) is 30.7 Å². The molecule has 4 aromatic rings. The van der Waals surface area contributed by atoms with Crippen LogP contribution in [0.4, 0.5) is 19.3 Å². The molecule has 1 aliphatic rings. The van der Waals surface area contributed by atoms with Crippen molar-refractivity contribution in [1.82, 2.24) is 40.1 Å². The molecule has 3 heterocycles. The first-order valence-electron chi connectivity index (χ1n) is 10.8. The highest BCUT2D eigenvalue weighted by molar-refractivity contribution is 5.94. The second kappa shape index (κ2) is 8.83. The number of aliphatic hydroxyl groups is 1. The molecule has 1 saturated heterocycles. The molecule has 1 N–H and O–H groups in total. The summed E-state index contributed by atoms with van der Waals surface area (Å²) in [5.41, 5.74) is -0.669. The van der Waals surface area contributed by atoms with Crippen LogP contribution in [0.15, 0.2) is 61.2 Å². The highest BCUT2D eigenvalue weighted by Gasteiger charge is 2.46. The standard InChI is InChI=1S/C22H21F2N9O2/c1-15(22(35,13-30-14-26-27-29-30)19-7-2-16(23)12-20(19)24)31-10-11-32(21(31)34)17-3-5-18(6-4-17)33-9-8-25-28-33/h2-9,12,14-15,35H,10-11,13H2,1H3/t15-,22-/m1/s1. The molecule has 1 fully saturated rings. The van der Waals surface area contributed by atoms with E-state index in [4.69, 9.17) is 0 Å². The Morgan fingerprint density at radius 1 is 1.06 bits per heavy atom. The summed E-state index contributed by atoms with van der Waals surface area (Å²) in [5, 5.41) is 30.4. The molecule has 2 aromatic carbocycles. The van der Waals surface area contributed by atoms with Crippen molar-refractivity contribution >= 4 is 11.7 Å². The molecular weight excluding hydrogens is 460 g/mol. The van der Waals surface area contributed by atoms with Gasteiger partial charge >= 0.3 is 6.03 Å². The lowest BCUT2D eigenvalue weighted by atomic mass is 9.85. The van der Waals surface area contributed by atoms with E-state index in [1.54, 1.807) is 41.0 Å². The smallest absolute Gasteiger partial charge is 0.324 e. The first kappa shape index (κ1) is 22.5. The number of carbonyl (C=O) groups is 1. The maximum Gasteiger partial charge on any atom is 0.324 e. The average Bonchev–Trinajstić information content (AvgIpc) is 3.61. The van der Waals surface area contributed by atoms with Gasteiger partial charge < -0.3 is 10.0 Å². The number of urea groups is 1. The quantitative estimate of drug-likeness (QED) is 0.427. The van der Waals surface area contributed by atoms with Gasteiger partial charge in [0, 0.05) is 30.4 Å². The lowest BCUT2D eigenvalue weighted by Gasteiger charge is -2.39. The number of benzene rings is 2. The van der Waals surface area contributed by atoms with Crippen molar-refractivity contribution in [3.05, 3.63) is 78.4 Å². The molecule has 11 nitrogen and oxygen atoms in total. The van der Waals surface area contributed by atoms with Crippen LogP contribution < -0.4 is 4.90 Å². The van der Waals surface area contributed by atoms with E-state index in [1.807, 2.05) is 12.1 Å². The molecule has 35 heavy (non-hydrogen) atoms. The Morgan fingerprint density at radius 3 is 2.49 bits per heavy atom. The Labute approximate surface area is 198 Å². The maximum atomic E-state index is 14.8. The second-order valence-corrected chi connectivity index (χ2v) is 8.22.